The Morgan fingerprint density at radius 3 is 2.31 bits per heavy atom. The Balaban J connectivity index is 1.22. The number of hydrogen-bond donors (Lipinski definition) is 2. The molecule has 0 atom stereocenters. The summed E-state index contributed by atoms with van der Waals surface area (Å²) in [6.07, 6.45) is 3.53. The summed E-state index contributed by atoms with van der Waals surface area (Å²) in [4.78, 5) is 28.9. The van der Waals surface area contributed by atoms with Crippen LogP contribution in [0, 0.1) is 5.92 Å². The molecule has 2 heterocycles. The number of ether oxygens (including phenoxy) is 1. The van der Waals surface area contributed by atoms with Crippen LogP contribution in [-0.2, 0) is 21.4 Å². The first-order valence-electron chi connectivity index (χ1n) is 11.2. The van der Waals surface area contributed by atoms with Crippen molar-refractivity contribution in [3.05, 3.63) is 90.3 Å². The van der Waals surface area contributed by atoms with E-state index in [2.05, 4.69) is 15.8 Å². The molecule has 2 aromatic carbocycles. The Labute approximate surface area is 204 Å². The third-order valence-corrected chi connectivity index (χ3v) is 7.64. The number of hydrogen-bond acceptors (Lipinski definition) is 6. The highest BCUT2D eigenvalue weighted by molar-refractivity contribution is 7.89. The van der Waals surface area contributed by atoms with E-state index in [9.17, 15) is 18.0 Å². The molecule has 1 aliphatic rings. The van der Waals surface area contributed by atoms with Gasteiger partial charge in [-0.1, -0.05) is 30.3 Å². The van der Waals surface area contributed by atoms with Crippen molar-refractivity contribution in [1.29, 1.82) is 0 Å². The largest absolute Gasteiger partial charge is 0.489 e. The third kappa shape index (κ3) is 6.23. The number of nitrogens with zero attached hydrogens (tertiary/aromatic N) is 2. The van der Waals surface area contributed by atoms with E-state index in [1.165, 1.54) is 22.8 Å². The highest BCUT2D eigenvalue weighted by Crippen LogP contribution is 2.23. The second-order valence-corrected chi connectivity index (χ2v) is 10.0. The maximum absolute atomic E-state index is 12.7. The molecule has 10 heteroatoms. The number of amides is 2. The quantitative estimate of drug-likeness (QED) is 0.488. The number of sulfonamides is 1. The lowest BCUT2D eigenvalue weighted by Gasteiger charge is -2.30. The molecule has 9 nitrogen and oxygen atoms in total. The van der Waals surface area contributed by atoms with Crippen LogP contribution < -0.4 is 15.6 Å². The van der Waals surface area contributed by atoms with Crippen molar-refractivity contribution in [2.45, 2.75) is 24.3 Å². The number of aromatic nitrogens is 1. The zero-order valence-electron chi connectivity index (χ0n) is 19.0. The maximum atomic E-state index is 12.7. The summed E-state index contributed by atoms with van der Waals surface area (Å²) in [5.41, 5.74) is 6.28. The second kappa shape index (κ2) is 11.1. The van der Waals surface area contributed by atoms with E-state index in [1.807, 2.05) is 30.3 Å². The molecule has 0 spiro atoms. The van der Waals surface area contributed by atoms with Crippen LogP contribution in [0.3, 0.4) is 0 Å². The minimum atomic E-state index is -3.64. The minimum absolute atomic E-state index is 0.131. The Morgan fingerprint density at radius 1 is 0.943 bits per heavy atom. The fraction of sp³-hybridized carbons (Fsp3) is 0.240. The van der Waals surface area contributed by atoms with E-state index >= 15 is 0 Å². The average Bonchev–Trinajstić information content (AvgIpc) is 2.92. The van der Waals surface area contributed by atoms with Crippen LogP contribution in [0.1, 0.15) is 28.8 Å². The van der Waals surface area contributed by atoms with Crippen molar-refractivity contribution in [2.75, 3.05) is 13.1 Å². The molecule has 2 amide bonds. The van der Waals surface area contributed by atoms with Gasteiger partial charge in [-0.2, -0.15) is 4.31 Å². The number of piperidine rings is 1. The van der Waals surface area contributed by atoms with Gasteiger partial charge in [-0.05, 0) is 54.8 Å². The Kier molecular flexibility index (Phi) is 7.74. The van der Waals surface area contributed by atoms with Gasteiger partial charge in [-0.15, -0.1) is 0 Å². The van der Waals surface area contributed by atoms with E-state index in [-0.39, 0.29) is 23.9 Å². The standard InChI is InChI=1S/C25H26N4O5S/c30-24(20-8-10-22(11-9-20)34-18-19-5-2-1-3-6-19)27-28-25(31)21-12-15-29(16-13-21)35(32,33)23-7-4-14-26-17-23/h1-11,14,17,21H,12-13,15-16,18H2,(H,27,30)(H,28,31). The van der Waals surface area contributed by atoms with E-state index in [1.54, 1.807) is 30.3 Å². The number of hydrazine groups is 1. The molecule has 4 rings (SSSR count). The van der Waals surface area contributed by atoms with Crippen molar-refractivity contribution in [3.63, 3.8) is 0 Å². The first-order valence-corrected chi connectivity index (χ1v) is 12.6. The van der Waals surface area contributed by atoms with Crippen LogP contribution >= 0.6 is 0 Å². The minimum Gasteiger partial charge on any atom is -0.489 e. The van der Waals surface area contributed by atoms with Gasteiger partial charge in [0.25, 0.3) is 5.91 Å². The molecule has 0 unspecified atom stereocenters. The predicted octanol–water partition coefficient (Wildman–Crippen LogP) is 2.52. The molecule has 0 radical (unpaired) electrons. The van der Waals surface area contributed by atoms with Crippen molar-refractivity contribution in [1.82, 2.24) is 20.1 Å². The maximum Gasteiger partial charge on any atom is 0.269 e. The molecule has 3 aromatic rings. The van der Waals surface area contributed by atoms with Gasteiger partial charge in [0.05, 0.1) is 0 Å². The van der Waals surface area contributed by atoms with Crippen molar-refractivity contribution >= 4 is 21.8 Å². The lowest BCUT2D eigenvalue weighted by atomic mass is 9.98. The molecule has 1 saturated heterocycles. The molecule has 1 aromatic heterocycles. The fourth-order valence-electron chi connectivity index (χ4n) is 3.74. The molecule has 0 saturated carbocycles. The number of carbonyl (C=O) groups is 2. The zero-order valence-corrected chi connectivity index (χ0v) is 19.8. The molecular formula is C25H26N4O5S. The van der Waals surface area contributed by atoms with Crippen LogP contribution in [0.25, 0.3) is 0 Å². The molecule has 35 heavy (non-hydrogen) atoms. The number of carbonyl (C=O) groups excluding carboxylic acids is 2. The Morgan fingerprint density at radius 2 is 1.66 bits per heavy atom. The molecule has 182 valence electrons. The van der Waals surface area contributed by atoms with Gasteiger partial charge in [0.15, 0.2) is 0 Å². The lowest BCUT2D eigenvalue weighted by Crippen LogP contribution is -2.48. The Hall–Kier alpha value is -3.76. The summed E-state index contributed by atoms with van der Waals surface area (Å²) in [7, 11) is -3.64. The first-order chi connectivity index (χ1) is 16.9. The van der Waals surface area contributed by atoms with Crippen LogP contribution in [0.5, 0.6) is 5.75 Å². The molecule has 1 fully saturated rings. The predicted molar refractivity (Wildman–Crippen MR) is 129 cm³/mol. The summed E-state index contributed by atoms with van der Waals surface area (Å²) in [5, 5.41) is 0. The van der Waals surface area contributed by atoms with Gasteiger partial charge >= 0.3 is 0 Å². The van der Waals surface area contributed by atoms with Crippen LogP contribution in [0.4, 0.5) is 0 Å². The van der Waals surface area contributed by atoms with E-state index in [0.717, 1.165) is 5.56 Å². The van der Waals surface area contributed by atoms with E-state index < -0.39 is 21.8 Å². The van der Waals surface area contributed by atoms with E-state index in [0.29, 0.717) is 30.8 Å². The van der Waals surface area contributed by atoms with Gasteiger partial charge in [0.1, 0.15) is 17.3 Å². The van der Waals surface area contributed by atoms with Gasteiger partial charge in [0.2, 0.25) is 15.9 Å². The number of nitrogens with one attached hydrogen (secondary N) is 2. The van der Waals surface area contributed by atoms with Crippen molar-refractivity contribution < 1.29 is 22.7 Å². The molecule has 0 bridgehead atoms. The molecular weight excluding hydrogens is 468 g/mol. The summed E-state index contributed by atoms with van der Waals surface area (Å²) in [6.45, 7) is 0.853. The topological polar surface area (TPSA) is 118 Å². The molecule has 2 N–H and O–H groups in total. The van der Waals surface area contributed by atoms with Gasteiger partial charge in [-0.25, -0.2) is 8.42 Å². The summed E-state index contributed by atoms with van der Waals surface area (Å²) in [5.74, 6) is -0.573. The molecule has 0 aliphatic carbocycles. The summed E-state index contributed by atoms with van der Waals surface area (Å²) >= 11 is 0. The third-order valence-electron chi connectivity index (χ3n) is 5.76. The highest BCUT2D eigenvalue weighted by atomic mass is 32.2. The van der Waals surface area contributed by atoms with Gasteiger partial charge in [0, 0.05) is 37.0 Å². The summed E-state index contributed by atoms with van der Waals surface area (Å²) < 4.78 is 32.5. The van der Waals surface area contributed by atoms with Gasteiger partial charge < -0.3 is 4.74 Å². The van der Waals surface area contributed by atoms with E-state index in [4.69, 9.17) is 4.74 Å². The number of benzene rings is 2. The highest BCUT2D eigenvalue weighted by Gasteiger charge is 2.32. The van der Waals surface area contributed by atoms with Crippen LogP contribution in [0.15, 0.2) is 84.0 Å². The number of pyridine rings is 1. The molecule has 1 aliphatic heterocycles. The Bertz CT molecular complexity index is 1240. The monoisotopic (exact) mass is 494 g/mol. The zero-order chi connectivity index (χ0) is 24.7. The van der Waals surface area contributed by atoms with Crippen LogP contribution in [-0.4, -0.2) is 42.6 Å². The average molecular weight is 495 g/mol. The lowest BCUT2D eigenvalue weighted by molar-refractivity contribution is -0.126. The van der Waals surface area contributed by atoms with Gasteiger partial charge in [-0.3, -0.25) is 25.4 Å². The number of rotatable bonds is 7. The van der Waals surface area contributed by atoms with Crippen molar-refractivity contribution in [3.8, 4) is 5.75 Å². The normalized spacial score (nSPS) is 14.7. The summed E-state index contributed by atoms with van der Waals surface area (Å²) in [6, 6.07) is 19.4. The second-order valence-electron chi connectivity index (χ2n) is 8.11. The first kappa shape index (κ1) is 24.4. The van der Waals surface area contributed by atoms with Crippen molar-refractivity contribution in [2.24, 2.45) is 5.92 Å². The SMILES string of the molecule is O=C(NNC(=O)C1CCN(S(=O)(=O)c2cccnc2)CC1)c1ccc(OCc2ccccc2)cc1. The smallest absolute Gasteiger partial charge is 0.269 e. The van der Waals surface area contributed by atoms with Crippen LogP contribution in [0.2, 0.25) is 0 Å². The fourth-order valence-corrected chi connectivity index (χ4v) is 5.18.